The van der Waals surface area contributed by atoms with Gasteiger partial charge in [0.1, 0.15) is 0 Å². The molecule has 1 aromatic carbocycles. The summed E-state index contributed by atoms with van der Waals surface area (Å²) in [6.45, 7) is 10.6. The summed E-state index contributed by atoms with van der Waals surface area (Å²) in [5, 5.41) is 6.47. The van der Waals surface area contributed by atoms with Crippen molar-refractivity contribution in [2.75, 3.05) is 25.0 Å². The summed E-state index contributed by atoms with van der Waals surface area (Å²) < 4.78 is 0. The lowest BCUT2D eigenvalue weighted by Crippen LogP contribution is -3.14. The normalized spacial score (nSPS) is 12.6. The van der Waals surface area contributed by atoms with Gasteiger partial charge in [0.05, 0.1) is 22.3 Å². The third kappa shape index (κ3) is 6.67. The fraction of sp³-hybridized carbons (Fsp3) is 0.529. The van der Waals surface area contributed by atoms with Gasteiger partial charge in [-0.2, -0.15) is 0 Å². The van der Waals surface area contributed by atoms with Crippen LogP contribution in [0.1, 0.15) is 33.3 Å². The van der Waals surface area contributed by atoms with Gasteiger partial charge in [-0.15, -0.1) is 0 Å². The number of nitrogens with one attached hydrogen (secondary N) is 3. The number of carbonyl (C=O) groups is 2. The highest BCUT2D eigenvalue weighted by atomic mass is 35.5. The number of carbonyl (C=O) groups excluding carboxylic acids is 2. The Morgan fingerprint density at radius 3 is 2.25 bits per heavy atom. The van der Waals surface area contributed by atoms with Gasteiger partial charge in [0.2, 0.25) is 0 Å². The van der Waals surface area contributed by atoms with Crippen LogP contribution in [0.2, 0.25) is 10.0 Å². The van der Waals surface area contributed by atoms with E-state index in [2.05, 4.69) is 10.6 Å². The van der Waals surface area contributed by atoms with Crippen LogP contribution in [0.3, 0.4) is 0 Å². The number of hydrogen-bond acceptors (Lipinski definition) is 2. The number of amides is 2. The second kappa shape index (κ2) is 8.70. The minimum absolute atomic E-state index is 0.0845. The zero-order valence-corrected chi connectivity index (χ0v) is 16.4. The van der Waals surface area contributed by atoms with Gasteiger partial charge in [-0.3, -0.25) is 9.59 Å². The summed E-state index contributed by atoms with van der Waals surface area (Å²) in [6, 6.07) is 3.49. The number of benzene rings is 1. The van der Waals surface area contributed by atoms with Crippen molar-refractivity contribution in [2.45, 2.75) is 40.2 Å². The van der Waals surface area contributed by atoms with Gasteiger partial charge in [-0.1, -0.05) is 29.3 Å². The lowest BCUT2D eigenvalue weighted by Gasteiger charge is -2.23. The molecule has 1 aromatic rings. The molecule has 0 saturated carbocycles. The Labute approximate surface area is 153 Å². The smallest absolute Gasteiger partial charge is 0.279 e. The Hall–Kier alpha value is -1.30. The highest BCUT2D eigenvalue weighted by molar-refractivity contribution is 6.40. The first-order valence-corrected chi connectivity index (χ1v) is 8.68. The van der Waals surface area contributed by atoms with Gasteiger partial charge in [0.25, 0.3) is 11.8 Å². The molecule has 0 bridgehead atoms. The van der Waals surface area contributed by atoms with Crippen LogP contribution in [0.5, 0.6) is 0 Å². The molecule has 0 aliphatic heterocycles. The van der Waals surface area contributed by atoms with Crippen molar-refractivity contribution in [3.8, 4) is 0 Å². The minimum atomic E-state index is -0.291. The van der Waals surface area contributed by atoms with Gasteiger partial charge in [0.15, 0.2) is 13.1 Å². The summed E-state index contributed by atoms with van der Waals surface area (Å²) >= 11 is 12.3. The lowest BCUT2D eigenvalue weighted by molar-refractivity contribution is -0.881. The fourth-order valence-electron chi connectivity index (χ4n) is 2.18. The van der Waals surface area contributed by atoms with E-state index in [1.165, 1.54) is 0 Å². The number of halogens is 2. The largest absolute Gasteiger partial charge is 0.347 e. The molecular weight excluding hydrogens is 349 g/mol. The Morgan fingerprint density at radius 2 is 1.71 bits per heavy atom. The third-order valence-electron chi connectivity index (χ3n) is 3.38. The highest BCUT2D eigenvalue weighted by Gasteiger charge is 2.21. The van der Waals surface area contributed by atoms with Gasteiger partial charge >= 0.3 is 0 Å². The molecule has 134 valence electrons. The quantitative estimate of drug-likeness (QED) is 0.713. The third-order valence-corrected chi connectivity index (χ3v) is 4.19. The van der Waals surface area contributed by atoms with E-state index in [0.29, 0.717) is 22.3 Å². The molecular formula is C17H26Cl2N3O2+. The van der Waals surface area contributed by atoms with Gasteiger partial charge < -0.3 is 15.5 Å². The van der Waals surface area contributed by atoms with Crippen molar-refractivity contribution in [1.82, 2.24) is 5.32 Å². The minimum Gasteiger partial charge on any atom is -0.347 e. The molecule has 24 heavy (non-hydrogen) atoms. The fourth-order valence-corrected chi connectivity index (χ4v) is 2.65. The molecule has 1 unspecified atom stereocenters. The summed E-state index contributed by atoms with van der Waals surface area (Å²) in [5.41, 5.74) is 0.958. The first-order chi connectivity index (χ1) is 11.0. The maximum Gasteiger partial charge on any atom is 0.279 e. The van der Waals surface area contributed by atoms with Crippen LogP contribution >= 0.6 is 23.2 Å². The van der Waals surface area contributed by atoms with E-state index in [9.17, 15) is 9.59 Å². The Morgan fingerprint density at radius 1 is 1.12 bits per heavy atom. The molecule has 0 fully saturated rings. The second-order valence-corrected chi connectivity index (χ2v) is 7.64. The molecule has 0 heterocycles. The van der Waals surface area contributed by atoms with Gasteiger partial charge in [0, 0.05) is 5.54 Å². The van der Waals surface area contributed by atoms with Crippen LogP contribution in [0.15, 0.2) is 12.1 Å². The van der Waals surface area contributed by atoms with E-state index in [0.717, 1.165) is 10.5 Å². The highest BCUT2D eigenvalue weighted by Crippen LogP contribution is 2.32. The Balaban J connectivity index is 2.69. The molecule has 1 rings (SSSR count). The van der Waals surface area contributed by atoms with Crippen LogP contribution in [0.4, 0.5) is 5.69 Å². The molecule has 7 heteroatoms. The second-order valence-electron chi connectivity index (χ2n) is 6.86. The van der Waals surface area contributed by atoms with Crippen molar-refractivity contribution in [3.63, 3.8) is 0 Å². The molecule has 0 aliphatic carbocycles. The molecule has 0 radical (unpaired) electrons. The summed E-state index contributed by atoms with van der Waals surface area (Å²) in [6.07, 6.45) is 0. The number of aryl methyl sites for hydroxylation is 1. The molecule has 5 nitrogen and oxygen atoms in total. The SMILES string of the molecule is CC[NH+](CC(=O)Nc1c(Cl)ccc(C)c1Cl)CC(=O)NC(C)(C)C. The van der Waals surface area contributed by atoms with Crippen LogP contribution in [0, 0.1) is 6.92 Å². The van der Waals surface area contributed by atoms with Crippen LogP contribution in [-0.2, 0) is 9.59 Å². The molecule has 0 aromatic heterocycles. The summed E-state index contributed by atoms with van der Waals surface area (Å²) in [7, 11) is 0. The average Bonchev–Trinajstić information content (AvgIpc) is 2.45. The number of likely N-dealkylation sites (N-methyl/N-ethyl adjacent to an activating group) is 1. The first kappa shape index (κ1) is 20.7. The number of anilines is 1. The van der Waals surface area contributed by atoms with E-state index in [4.69, 9.17) is 23.2 Å². The van der Waals surface area contributed by atoms with Crippen LogP contribution in [0.25, 0.3) is 0 Å². The van der Waals surface area contributed by atoms with E-state index >= 15 is 0 Å². The Bertz CT molecular complexity index is 613. The predicted octanol–water partition coefficient (Wildman–Crippen LogP) is 2.06. The first-order valence-electron chi connectivity index (χ1n) is 7.92. The van der Waals surface area contributed by atoms with Crippen LogP contribution < -0.4 is 15.5 Å². The maximum atomic E-state index is 12.3. The number of hydrogen-bond donors (Lipinski definition) is 3. The van der Waals surface area contributed by atoms with Crippen molar-refractivity contribution in [2.24, 2.45) is 0 Å². The predicted molar refractivity (Wildman–Crippen MR) is 99.0 cm³/mol. The maximum absolute atomic E-state index is 12.3. The van der Waals surface area contributed by atoms with E-state index in [-0.39, 0.29) is 30.4 Å². The van der Waals surface area contributed by atoms with Crippen molar-refractivity contribution in [1.29, 1.82) is 0 Å². The summed E-state index contributed by atoms with van der Waals surface area (Å²) in [5.74, 6) is -0.316. The molecule has 2 amide bonds. The average molecular weight is 375 g/mol. The van der Waals surface area contributed by atoms with Crippen molar-refractivity contribution < 1.29 is 14.5 Å². The number of rotatable bonds is 6. The topological polar surface area (TPSA) is 62.6 Å². The molecule has 3 N–H and O–H groups in total. The van der Waals surface area contributed by atoms with Crippen LogP contribution in [-0.4, -0.2) is 37.0 Å². The zero-order chi connectivity index (χ0) is 18.5. The van der Waals surface area contributed by atoms with E-state index < -0.39 is 0 Å². The van der Waals surface area contributed by atoms with Crippen molar-refractivity contribution in [3.05, 3.63) is 27.7 Å². The molecule has 0 saturated heterocycles. The molecule has 0 spiro atoms. The zero-order valence-electron chi connectivity index (χ0n) is 14.8. The molecule has 0 aliphatic rings. The summed E-state index contributed by atoms with van der Waals surface area (Å²) in [4.78, 5) is 25.2. The van der Waals surface area contributed by atoms with E-state index in [1.54, 1.807) is 12.1 Å². The van der Waals surface area contributed by atoms with Crippen molar-refractivity contribution >= 4 is 40.7 Å². The monoisotopic (exact) mass is 374 g/mol. The van der Waals surface area contributed by atoms with Gasteiger partial charge in [-0.25, -0.2) is 0 Å². The van der Waals surface area contributed by atoms with E-state index in [1.807, 2.05) is 34.6 Å². The standard InChI is InChI=1S/C17H25Cl2N3O2/c1-6-22(10-14(24)21-17(3,4)5)9-13(23)20-16-12(18)8-7-11(2)15(16)19/h7-8H,6,9-10H2,1-5H3,(H,20,23)(H,21,24)/p+1. The lowest BCUT2D eigenvalue weighted by atomic mass is 10.1. The molecule has 1 atom stereocenters. The number of quaternary nitrogens is 1. The Kier molecular flexibility index (Phi) is 7.52. The van der Waals surface area contributed by atoms with Gasteiger partial charge in [-0.05, 0) is 46.2 Å².